The Morgan fingerprint density at radius 2 is 1.11 bits per heavy atom. The van der Waals surface area contributed by atoms with Crippen molar-refractivity contribution in [1.29, 1.82) is 0 Å². The Morgan fingerprint density at radius 3 is 1.28 bits per heavy atom. The Labute approximate surface area is 105 Å². The molecule has 0 saturated carbocycles. The van der Waals surface area contributed by atoms with Gasteiger partial charge in [-0.15, -0.1) is 0 Å². The van der Waals surface area contributed by atoms with E-state index < -0.39 is 11.9 Å². The first-order chi connectivity index (χ1) is 8.25. The maximum absolute atomic E-state index is 11.2. The summed E-state index contributed by atoms with van der Waals surface area (Å²) < 4.78 is 0. The Kier molecular flexibility index (Phi) is 3.71. The van der Waals surface area contributed by atoms with Crippen LogP contribution in [0.25, 0.3) is 11.1 Å². The molecular weight excluding hydrogens is 232 g/mol. The van der Waals surface area contributed by atoms with Crippen molar-refractivity contribution >= 4 is 23.1 Å². The average Bonchev–Trinajstić information content (AvgIpc) is 2.26. The molecule has 1 aromatic rings. The van der Waals surface area contributed by atoms with Crippen molar-refractivity contribution in [2.24, 2.45) is 0 Å². The van der Waals surface area contributed by atoms with Crippen LogP contribution < -0.4 is 0 Å². The van der Waals surface area contributed by atoms with E-state index in [0.29, 0.717) is 22.3 Å². The number of carboxylic acid groups (broad SMARTS) is 2. The molecule has 4 heteroatoms. The van der Waals surface area contributed by atoms with Crippen molar-refractivity contribution in [3.63, 3.8) is 0 Å². The lowest BCUT2D eigenvalue weighted by Gasteiger charge is -2.12. The Hall–Kier alpha value is -2.36. The van der Waals surface area contributed by atoms with E-state index in [1.165, 1.54) is 12.1 Å². The fraction of sp³-hybridized carbons (Fsp3) is 0.143. The third-order valence-electron chi connectivity index (χ3n) is 2.54. The molecule has 0 bridgehead atoms. The summed E-state index contributed by atoms with van der Waals surface area (Å²) >= 11 is 0. The number of aromatic carboxylic acids is 2. The van der Waals surface area contributed by atoms with Crippen LogP contribution in [0.1, 0.15) is 45.7 Å². The fourth-order valence-electron chi connectivity index (χ4n) is 1.66. The maximum Gasteiger partial charge on any atom is 0.336 e. The smallest absolute Gasteiger partial charge is 0.336 e. The minimum Gasteiger partial charge on any atom is -0.478 e. The summed E-state index contributed by atoms with van der Waals surface area (Å²) in [7, 11) is 0. The largest absolute Gasteiger partial charge is 0.478 e. The zero-order chi connectivity index (χ0) is 14.0. The van der Waals surface area contributed by atoms with Gasteiger partial charge >= 0.3 is 11.9 Å². The highest BCUT2D eigenvalue weighted by Gasteiger charge is 2.19. The first-order valence-electron chi connectivity index (χ1n) is 5.22. The molecule has 0 aliphatic heterocycles. The van der Waals surface area contributed by atoms with Crippen LogP contribution in [0.15, 0.2) is 25.3 Å². The summed E-state index contributed by atoms with van der Waals surface area (Å²) in [5, 5.41) is 18.3. The second-order valence-corrected chi connectivity index (χ2v) is 4.11. The number of carboxylic acids is 2. The van der Waals surface area contributed by atoms with Gasteiger partial charge in [-0.25, -0.2) is 9.59 Å². The predicted octanol–water partition coefficient (Wildman–Crippen LogP) is 3.15. The molecule has 0 fully saturated rings. The average molecular weight is 246 g/mol. The molecule has 0 radical (unpaired) electrons. The molecule has 0 saturated heterocycles. The SMILES string of the molecule is C=C(C)c1cc(C(=O)O)c(C(=C)C)cc1C(=O)O. The molecule has 1 rings (SSSR count). The number of rotatable bonds is 4. The summed E-state index contributed by atoms with van der Waals surface area (Å²) in [6, 6.07) is 2.66. The highest BCUT2D eigenvalue weighted by atomic mass is 16.4. The maximum atomic E-state index is 11.2. The number of benzene rings is 1. The highest BCUT2D eigenvalue weighted by molar-refractivity contribution is 6.00. The van der Waals surface area contributed by atoms with Crippen LogP contribution in [-0.2, 0) is 0 Å². The van der Waals surface area contributed by atoms with Crippen molar-refractivity contribution in [1.82, 2.24) is 0 Å². The van der Waals surface area contributed by atoms with Crippen LogP contribution in [0.4, 0.5) is 0 Å². The second-order valence-electron chi connectivity index (χ2n) is 4.11. The predicted molar refractivity (Wildman–Crippen MR) is 69.8 cm³/mol. The topological polar surface area (TPSA) is 74.6 Å². The third-order valence-corrected chi connectivity index (χ3v) is 2.54. The van der Waals surface area contributed by atoms with Gasteiger partial charge in [0, 0.05) is 0 Å². The van der Waals surface area contributed by atoms with Gasteiger partial charge in [-0.1, -0.05) is 24.3 Å². The van der Waals surface area contributed by atoms with E-state index in [1.54, 1.807) is 13.8 Å². The molecular formula is C14H14O4. The van der Waals surface area contributed by atoms with Crippen molar-refractivity contribution in [2.75, 3.05) is 0 Å². The number of allylic oxidation sites excluding steroid dienone is 2. The molecule has 0 unspecified atom stereocenters. The molecule has 0 amide bonds. The van der Waals surface area contributed by atoms with Gasteiger partial charge in [0.1, 0.15) is 0 Å². The van der Waals surface area contributed by atoms with Crippen LogP contribution >= 0.6 is 0 Å². The van der Waals surface area contributed by atoms with Gasteiger partial charge in [-0.05, 0) is 37.1 Å². The van der Waals surface area contributed by atoms with Gasteiger partial charge in [0.2, 0.25) is 0 Å². The quantitative estimate of drug-likeness (QED) is 0.855. The molecule has 0 aliphatic rings. The lowest BCUT2D eigenvalue weighted by Crippen LogP contribution is -2.08. The second kappa shape index (κ2) is 4.87. The Bertz CT molecular complexity index is 469. The monoisotopic (exact) mass is 246 g/mol. The number of carbonyl (C=O) groups is 2. The third kappa shape index (κ3) is 2.48. The van der Waals surface area contributed by atoms with Gasteiger partial charge < -0.3 is 10.2 Å². The lowest BCUT2D eigenvalue weighted by molar-refractivity contribution is 0.0680. The summed E-state index contributed by atoms with van der Waals surface area (Å²) in [4.78, 5) is 22.3. The van der Waals surface area contributed by atoms with Gasteiger partial charge in [0.15, 0.2) is 0 Å². The van der Waals surface area contributed by atoms with Gasteiger partial charge in [0.25, 0.3) is 0 Å². The van der Waals surface area contributed by atoms with E-state index >= 15 is 0 Å². The van der Waals surface area contributed by atoms with Gasteiger partial charge in [0.05, 0.1) is 11.1 Å². The molecule has 0 aliphatic carbocycles. The summed E-state index contributed by atoms with van der Waals surface area (Å²) in [6.45, 7) is 10.6. The fourth-order valence-corrected chi connectivity index (χ4v) is 1.66. The van der Waals surface area contributed by atoms with Crippen LogP contribution in [0.3, 0.4) is 0 Å². The van der Waals surface area contributed by atoms with E-state index in [-0.39, 0.29) is 11.1 Å². The zero-order valence-corrected chi connectivity index (χ0v) is 10.3. The van der Waals surface area contributed by atoms with E-state index in [9.17, 15) is 9.59 Å². The first kappa shape index (κ1) is 13.7. The standard InChI is InChI=1S/C14H14O4/c1-7(2)9-5-12(14(17)18)10(8(3)4)6-11(9)13(15)16/h5-6H,1,3H2,2,4H3,(H,15,16)(H,17,18). The van der Waals surface area contributed by atoms with E-state index in [2.05, 4.69) is 13.2 Å². The Balaban J connectivity index is 3.71. The van der Waals surface area contributed by atoms with Crippen molar-refractivity contribution in [3.05, 3.63) is 47.5 Å². The lowest BCUT2D eigenvalue weighted by atomic mass is 9.92. The van der Waals surface area contributed by atoms with E-state index in [0.717, 1.165) is 0 Å². The van der Waals surface area contributed by atoms with Crippen molar-refractivity contribution in [3.8, 4) is 0 Å². The van der Waals surface area contributed by atoms with Crippen LogP contribution in [0.5, 0.6) is 0 Å². The molecule has 1 aromatic carbocycles. The number of hydrogen-bond donors (Lipinski definition) is 2. The number of hydrogen-bond acceptors (Lipinski definition) is 2. The molecule has 0 heterocycles. The molecule has 94 valence electrons. The molecule has 0 aromatic heterocycles. The first-order valence-corrected chi connectivity index (χ1v) is 5.22. The van der Waals surface area contributed by atoms with Gasteiger partial charge in [-0.3, -0.25) is 0 Å². The van der Waals surface area contributed by atoms with Crippen LogP contribution in [-0.4, -0.2) is 22.2 Å². The Morgan fingerprint density at radius 1 is 0.833 bits per heavy atom. The minimum atomic E-state index is -1.12. The van der Waals surface area contributed by atoms with Crippen LogP contribution in [0, 0.1) is 0 Å². The summed E-state index contributed by atoms with van der Waals surface area (Å²) in [6.07, 6.45) is 0. The molecule has 18 heavy (non-hydrogen) atoms. The van der Waals surface area contributed by atoms with E-state index in [1.807, 2.05) is 0 Å². The summed E-state index contributed by atoms with van der Waals surface area (Å²) in [5.41, 5.74) is 1.72. The van der Waals surface area contributed by atoms with E-state index in [4.69, 9.17) is 10.2 Å². The molecule has 0 atom stereocenters. The molecule has 4 nitrogen and oxygen atoms in total. The molecule has 0 spiro atoms. The summed E-state index contributed by atoms with van der Waals surface area (Å²) in [5.74, 6) is -2.24. The zero-order valence-electron chi connectivity index (χ0n) is 10.3. The van der Waals surface area contributed by atoms with Crippen molar-refractivity contribution in [2.45, 2.75) is 13.8 Å². The minimum absolute atomic E-state index is 0.0329. The normalized spacial score (nSPS) is 9.89. The highest BCUT2D eigenvalue weighted by Crippen LogP contribution is 2.26. The van der Waals surface area contributed by atoms with Gasteiger partial charge in [-0.2, -0.15) is 0 Å². The van der Waals surface area contributed by atoms with Crippen LogP contribution in [0.2, 0.25) is 0 Å². The molecule has 2 N–H and O–H groups in total. The van der Waals surface area contributed by atoms with Crippen molar-refractivity contribution < 1.29 is 19.8 Å².